The van der Waals surface area contributed by atoms with Crippen LogP contribution in [0.1, 0.15) is 17.0 Å². The van der Waals surface area contributed by atoms with Crippen molar-refractivity contribution < 1.29 is 18.3 Å². The Morgan fingerprint density at radius 3 is 2.52 bits per heavy atom. The molecule has 0 radical (unpaired) electrons. The van der Waals surface area contributed by atoms with Gasteiger partial charge in [-0.25, -0.2) is 13.8 Å². The maximum atomic E-state index is 13.3. The van der Waals surface area contributed by atoms with E-state index in [4.69, 9.17) is 21.1 Å². The van der Waals surface area contributed by atoms with Gasteiger partial charge in [-0.15, -0.1) is 11.3 Å². The number of halogens is 3. The van der Waals surface area contributed by atoms with Crippen molar-refractivity contribution in [3.05, 3.63) is 64.1 Å². The average molecular weight is 382 g/mol. The second-order valence-corrected chi connectivity index (χ2v) is 6.62. The fraction of sp³-hybridized carbons (Fsp3) is 0.167. The largest absolute Gasteiger partial charge is 0.497 e. The van der Waals surface area contributed by atoms with E-state index in [1.807, 2.05) is 0 Å². The van der Waals surface area contributed by atoms with Crippen LogP contribution < -0.4 is 9.47 Å². The fourth-order valence-electron chi connectivity index (χ4n) is 2.20. The van der Waals surface area contributed by atoms with Gasteiger partial charge in [0.2, 0.25) is 0 Å². The highest BCUT2D eigenvalue weighted by Crippen LogP contribution is 2.34. The van der Waals surface area contributed by atoms with Crippen molar-refractivity contribution in [2.75, 3.05) is 7.11 Å². The summed E-state index contributed by atoms with van der Waals surface area (Å²) in [5.41, 5.74) is 0.500. The van der Waals surface area contributed by atoms with Gasteiger partial charge in [-0.1, -0.05) is 17.7 Å². The summed E-state index contributed by atoms with van der Waals surface area (Å²) >= 11 is 7.09. The number of hydrogen-bond acceptors (Lipinski definition) is 4. The maximum Gasteiger partial charge on any atom is 0.281 e. The molecule has 3 nitrogen and oxygen atoms in total. The minimum atomic E-state index is -2.67. The second-order valence-electron chi connectivity index (χ2n) is 5.10. The van der Waals surface area contributed by atoms with E-state index in [1.54, 1.807) is 55.6 Å². The third-order valence-electron chi connectivity index (χ3n) is 3.44. The molecule has 0 unspecified atom stereocenters. The van der Waals surface area contributed by atoms with Crippen LogP contribution in [-0.4, -0.2) is 12.1 Å². The van der Waals surface area contributed by atoms with E-state index in [1.165, 1.54) is 11.3 Å². The van der Waals surface area contributed by atoms with Crippen LogP contribution in [0.3, 0.4) is 0 Å². The van der Waals surface area contributed by atoms with Crippen LogP contribution >= 0.6 is 22.9 Å². The first-order valence-corrected chi connectivity index (χ1v) is 8.57. The Hall–Kier alpha value is -2.18. The molecule has 0 saturated carbocycles. The van der Waals surface area contributed by atoms with Gasteiger partial charge in [0.15, 0.2) is 0 Å². The Morgan fingerprint density at radius 1 is 1.12 bits per heavy atom. The molecule has 0 saturated heterocycles. The predicted molar refractivity (Wildman–Crippen MR) is 94.8 cm³/mol. The molecule has 0 bridgehead atoms. The van der Waals surface area contributed by atoms with Crippen molar-refractivity contribution >= 4 is 22.9 Å². The number of nitrogens with zero attached hydrogens (tertiary/aromatic N) is 1. The van der Waals surface area contributed by atoms with Gasteiger partial charge in [0.1, 0.15) is 28.8 Å². The van der Waals surface area contributed by atoms with Crippen LogP contribution in [0, 0.1) is 0 Å². The Balaban J connectivity index is 1.84. The van der Waals surface area contributed by atoms with Crippen LogP contribution in [0.15, 0.2) is 48.5 Å². The van der Waals surface area contributed by atoms with Crippen molar-refractivity contribution in [1.82, 2.24) is 4.98 Å². The molecule has 1 heterocycles. The summed E-state index contributed by atoms with van der Waals surface area (Å²) < 4.78 is 37.3. The molecular weight excluding hydrogens is 368 g/mol. The fourth-order valence-corrected chi connectivity index (χ4v) is 3.37. The minimum Gasteiger partial charge on any atom is -0.497 e. The van der Waals surface area contributed by atoms with Gasteiger partial charge >= 0.3 is 0 Å². The molecule has 0 fully saturated rings. The highest BCUT2D eigenvalue weighted by molar-refractivity contribution is 7.15. The molecule has 0 N–H and O–H groups in total. The Labute approximate surface area is 152 Å². The van der Waals surface area contributed by atoms with Crippen molar-refractivity contribution in [2.24, 2.45) is 0 Å². The molecule has 0 aliphatic carbocycles. The highest BCUT2D eigenvalue weighted by atomic mass is 35.5. The van der Waals surface area contributed by atoms with Crippen molar-refractivity contribution in [3.63, 3.8) is 0 Å². The Bertz CT molecular complexity index is 853. The molecule has 0 atom stereocenters. The van der Waals surface area contributed by atoms with Crippen LogP contribution in [0.5, 0.6) is 11.5 Å². The van der Waals surface area contributed by atoms with E-state index < -0.39 is 6.43 Å². The average Bonchev–Trinajstić information content (AvgIpc) is 3.05. The monoisotopic (exact) mass is 381 g/mol. The molecule has 1 aromatic heterocycles. The predicted octanol–water partition coefficient (Wildman–Crippen LogP) is 5.99. The first-order valence-electron chi connectivity index (χ1n) is 7.37. The van der Waals surface area contributed by atoms with E-state index in [0.717, 1.165) is 5.56 Å². The summed E-state index contributed by atoms with van der Waals surface area (Å²) in [6.07, 6.45) is -2.67. The number of benzene rings is 2. The minimum absolute atomic E-state index is 0.00777. The van der Waals surface area contributed by atoms with E-state index in [9.17, 15) is 8.78 Å². The lowest BCUT2D eigenvalue weighted by molar-refractivity contribution is 0.144. The maximum absolute atomic E-state index is 13.3. The lowest BCUT2D eigenvalue weighted by atomic mass is 10.2. The third kappa shape index (κ3) is 4.27. The number of aromatic nitrogens is 1. The van der Waals surface area contributed by atoms with Gasteiger partial charge in [-0.05, 0) is 42.5 Å². The zero-order valence-corrected chi connectivity index (χ0v) is 14.8. The molecule has 2 aromatic carbocycles. The normalized spacial score (nSPS) is 10.9. The molecule has 130 valence electrons. The summed E-state index contributed by atoms with van der Waals surface area (Å²) in [6, 6.07) is 13.9. The number of methoxy groups -OCH3 is 1. The highest BCUT2D eigenvalue weighted by Gasteiger charge is 2.20. The molecule has 0 spiro atoms. The van der Waals surface area contributed by atoms with Crippen molar-refractivity contribution in [3.8, 4) is 22.1 Å². The SMILES string of the molecule is COc1ccc(-c2nc(C(F)F)c(COc3cccc(Cl)c3)s2)cc1. The molecule has 0 aliphatic heterocycles. The first kappa shape index (κ1) is 17.6. The number of thiazole rings is 1. The Kier molecular flexibility index (Phi) is 5.50. The molecule has 3 aromatic rings. The summed E-state index contributed by atoms with van der Waals surface area (Å²) in [6.45, 7) is 0.00777. The molecule has 0 aliphatic rings. The second kappa shape index (κ2) is 7.80. The van der Waals surface area contributed by atoms with Crippen LogP contribution in [0.25, 0.3) is 10.6 Å². The van der Waals surface area contributed by atoms with Crippen LogP contribution in [-0.2, 0) is 6.61 Å². The van der Waals surface area contributed by atoms with E-state index in [2.05, 4.69) is 4.98 Å². The summed E-state index contributed by atoms with van der Waals surface area (Å²) in [7, 11) is 1.57. The standard InChI is InChI=1S/C18H14ClF2NO2S/c1-23-13-7-5-11(6-8-13)18-22-16(17(20)21)15(25-18)10-24-14-4-2-3-12(19)9-14/h2-9,17H,10H2,1H3. The zero-order chi connectivity index (χ0) is 17.8. The first-order chi connectivity index (χ1) is 12.1. The van der Waals surface area contributed by atoms with E-state index in [-0.39, 0.29) is 12.3 Å². The lowest BCUT2D eigenvalue weighted by Crippen LogP contribution is -1.98. The molecule has 0 amide bonds. The number of rotatable bonds is 6. The summed E-state index contributed by atoms with van der Waals surface area (Å²) in [5.74, 6) is 1.21. The third-order valence-corrected chi connectivity index (χ3v) is 4.77. The van der Waals surface area contributed by atoms with Gasteiger partial charge in [-0.2, -0.15) is 0 Å². The van der Waals surface area contributed by atoms with Gasteiger partial charge in [-0.3, -0.25) is 0 Å². The quantitative estimate of drug-likeness (QED) is 0.525. The zero-order valence-electron chi connectivity index (χ0n) is 13.2. The summed E-state index contributed by atoms with van der Waals surface area (Å²) in [5, 5.41) is 1.04. The lowest BCUT2D eigenvalue weighted by Gasteiger charge is -2.06. The smallest absolute Gasteiger partial charge is 0.281 e. The number of ether oxygens (including phenoxy) is 2. The number of alkyl halides is 2. The van der Waals surface area contributed by atoms with Gasteiger partial charge in [0.05, 0.1) is 12.0 Å². The molecule has 7 heteroatoms. The van der Waals surface area contributed by atoms with Gasteiger partial charge in [0, 0.05) is 10.6 Å². The van der Waals surface area contributed by atoms with E-state index >= 15 is 0 Å². The van der Waals surface area contributed by atoms with Crippen molar-refractivity contribution in [1.29, 1.82) is 0 Å². The number of hydrogen-bond donors (Lipinski definition) is 0. The van der Waals surface area contributed by atoms with Crippen molar-refractivity contribution in [2.45, 2.75) is 13.0 Å². The topological polar surface area (TPSA) is 31.4 Å². The van der Waals surface area contributed by atoms with Gasteiger partial charge < -0.3 is 9.47 Å². The molecule has 3 rings (SSSR count). The molecular formula is C18H14ClF2NO2S. The van der Waals surface area contributed by atoms with Crippen LogP contribution in [0.2, 0.25) is 5.02 Å². The van der Waals surface area contributed by atoms with Gasteiger partial charge in [0.25, 0.3) is 6.43 Å². The Morgan fingerprint density at radius 2 is 1.88 bits per heavy atom. The summed E-state index contributed by atoms with van der Waals surface area (Å²) in [4.78, 5) is 4.48. The van der Waals surface area contributed by atoms with E-state index in [0.29, 0.717) is 26.4 Å². The molecule has 25 heavy (non-hydrogen) atoms. The van der Waals surface area contributed by atoms with Crippen LogP contribution in [0.4, 0.5) is 8.78 Å².